The van der Waals surface area contributed by atoms with Gasteiger partial charge in [-0.2, -0.15) is 9.57 Å². The molecule has 2 N–H and O–H groups in total. The van der Waals surface area contributed by atoms with E-state index in [-0.39, 0.29) is 17.4 Å². The zero-order valence-corrected chi connectivity index (χ0v) is 11.3. The van der Waals surface area contributed by atoms with Crippen molar-refractivity contribution >= 4 is 15.7 Å². The van der Waals surface area contributed by atoms with E-state index in [4.69, 9.17) is 11.0 Å². The zero-order chi connectivity index (χ0) is 13.8. The van der Waals surface area contributed by atoms with Crippen molar-refractivity contribution in [2.45, 2.75) is 18.7 Å². The number of rotatable bonds is 5. The number of nitriles is 1. The minimum absolute atomic E-state index is 0.162. The monoisotopic (exact) mass is 267 g/mol. The maximum Gasteiger partial charge on any atom is 0.243 e. The molecule has 0 aliphatic carbocycles. The molecule has 0 amide bonds. The molecule has 98 valence electrons. The molecule has 0 fully saturated rings. The lowest BCUT2D eigenvalue weighted by atomic mass is 10.2. The van der Waals surface area contributed by atoms with Crippen LogP contribution in [0.1, 0.15) is 13.8 Å². The number of anilines is 1. The Morgan fingerprint density at radius 1 is 1.50 bits per heavy atom. The van der Waals surface area contributed by atoms with Crippen LogP contribution >= 0.6 is 0 Å². The average molecular weight is 267 g/mol. The molecule has 0 saturated carbocycles. The van der Waals surface area contributed by atoms with Crippen LogP contribution in [0.4, 0.5) is 5.69 Å². The fraction of sp³-hybridized carbons (Fsp3) is 0.417. The van der Waals surface area contributed by atoms with Gasteiger partial charge in [-0.05, 0) is 25.1 Å². The Hall–Kier alpha value is -1.58. The minimum atomic E-state index is -3.58. The fourth-order valence-electron chi connectivity index (χ4n) is 1.57. The van der Waals surface area contributed by atoms with Gasteiger partial charge in [0.2, 0.25) is 10.0 Å². The number of sulfonamides is 1. The second-order valence-electron chi connectivity index (χ2n) is 4.06. The lowest BCUT2D eigenvalue weighted by Gasteiger charge is -2.21. The van der Waals surface area contributed by atoms with Gasteiger partial charge in [0.25, 0.3) is 0 Å². The van der Waals surface area contributed by atoms with E-state index >= 15 is 0 Å². The van der Waals surface area contributed by atoms with Crippen LogP contribution in [-0.4, -0.2) is 25.8 Å². The lowest BCUT2D eigenvalue weighted by Crippen LogP contribution is -2.34. The number of benzene rings is 1. The van der Waals surface area contributed by atoms with E-state index in [0.717, 1.165) is 0 Å². The molecule has 1 atom stereocenters. The highest BCUT2D eigenvalue weighted by Gasteiger charge is 2.24. The Morgan fingerprint density at radius 3 is 2.67 bits per heavy atom. The lowest BCUT2D eigenvalue weighted by molar-refractivity contribution is 0.400. The normalized spacial score (nSPS) is 13.2. The maximum atomic E-state index is 12.3. The zero-order valence-electron chi connectivity index (χ0n) is 10.5. The molecular weight excluding hydrogens is 250 g/mol. The molecule has 0 spiro atoms. The van der Waals surface area contributed by atoms with Crippen LogP contribution in [0, 0.1) is 17.2 Å². The summed E-state index contributed by atoms with van der Waals surface area (Å²) in [5.41, 5.74) is 5.99. The highest BCUT2D eigenvalue weighted by Crippen LogP contribution is 2.18. The summed E-state index contributed by atoms with van der Waals surface area (Å²) in [5.74, 6) is -0.346. The highest BCUT2D eigenvalue weighted by molar-refractivity contribution is 7.89. The first-order valence-corrected chi connectivity index (χ1v) is 7.11. The molecule has 1 aromatic carbocycles. The standard InChI is InChI=1S/C12H17N3O2S/c1-3-15(9-10(2)8-13)18(16,17)12-6-4-5-11(14)7-12/h4-7,10H,3,9,14H2,1-2H3. The highest BCUT2D eigenvalue weighted by atomic mass is 32.2. The van der Waals surface area contributed by atoms with Gasteiger partial charge in [-0.25, -0.2) is 8.42 Å². The first kappa shape index (κ1) is 14.5. The number of hydrogen-bond acceptors (Lipinski definition) is 4. The summed E-state index contributed by atoms with van der Waals surface area (Å²) in [4.78, 5) is 0.162. The predicted octanol–water partition coefficient (Wildman–Crippen LogP) is 1.44. The molecule has 0 aromatic heterocycles. The molecule has 0 radical (unpaired) electrons. The predicted molar refractivity (Wildman–Crippen MR) is 70.1 cm³/mol. The van der Waals surface area contributed by atoms with E-state index < -0.39 is 10.0 Å². The molecule has 1 unspecified atom stereocenters. The summed E-state index contributed by atoms with van der Waals surface area (Å²) < 4.78 is 25.9. The first-order valence-electron chi connectivity index (χ1n) is 5.67. The Kier molecular flexibility index (Phi) is 4.70. The second-order valence-corrected chi connectivity index (χ2v) is 6.00. The smallest absolute Gasteiger partial charge is 0.243 e. The van der Waals surface area contributed by atoms with Gasteiger partial charge in [0, 0.05) is 18.8 Å². The van der Waals surface area contributed by atoms with Gasteiger partial charge in [0.1, 0.15) is 0 Å². The van der Waals surface area contributed by atoms with E-state index in [2.05, 4.69) is 0 Å². The van der Waals surface area contributed by atoms with Gasteiger partial charge in [0.15, 0.2) is 0 Å². The van der Waals surface area contributed by atoms with Crippen molar-refractivity contribution in [3.05, 3.63) is 24.3 Å². The van der Waals surface area contributed by atoms with E-state index in [1.54, 1.807) is 26.0 Å². The quantitative estimate of drug-likeness (QED) is 0.818. The van der Waals surface area contributed by atoms with Gasteiger partial charge in [-0.3, -0.25) is 0 Å². The minimum Gasteiger partial charge on any atom is -0.399 e. The van der Waals surface area contributed by atoms with Gasteiger partial charge >= 0.3 is 0 Å². The molecule has 5 nitrogen and oxygen atoms in total. The molecule has 0 saturated heterocycles. The first-order chi connectivity index (χ1) is 8.41. The number of nitrogens with zero attached hydrogens (tertiary/aromatic N) is 2. The van der Waals surface area contributed by atoms with Crippen molar-refractivity contribution < 1.29 is 8.42 Å². The molecular formula is C12H17N3O2S. The molecule has 0 aliphatic rings. The van der Waals surface area contributed by atoms with Crippen LogP contribution in [-0.2, 0) is 10.0 Å². The SMILES string of the molecule is CCN(CC(C)C#N)S(=O)(=O)c1cccc(N)c1. The van der Waals surface area contributed by atoms with Gasteiger partial charge < -0.3 is 5.73 Å². The Balaban J connectivity index is 3.08. The third-order valence-corrected chi connectivity index (χ3v) is 4.48. The van der Waals surface area contributed by atoms with Crippen LogP contribution in [0.2, 0.25) is 0 Å². The van der Waals surface area contributed by atoms with Crippen LogP contribution in [0.25, 0.3) is 0 Å². The van der Waals surface area contributed by atoms with Crippen molar-refractivity contribution in [2.24, 2.45) is 5.92 Å². The third kappa shape index (κ3) is 3.22. The summed E-state index contributed by atoms with van der Waals surface area (Å²) in [6.07, 6.45) is 0. The van der Waals surface area contributed by atoms with Crippen LogP contribution in [0.15, 0.2) is 29.2 Å². The third-order valence-electron chi connectivity index (χ3n) is 2.55. The van der Waals surface area contributed by atoms with Crippen LogP contribution in [0.5, 0.6) is 0 Å². The van der Waals surface area contributed by atoms with Crippen LogP contribution < -0.4 is 5.73 Å². The number of nitrogens with two attached hydrogens (primary N) is 1. The van der Waals surface area contributed by atoms with Crippen molar-refractivity contribution in [1.82, 2.24) is 4.31 Å². The van der Waals surface area contributed by atoms with Crippen molar-refractivity contribution in [1.29, 1.82) is 5.26 Å². The summed E-state index contributed by atoms with van der Waals surface area (Å²) >= 11 is 0. The molecule has 18 heavy (non-hydrogen) atoms. The summed E-state index contributed by atoms with van der Waals surface area (Å²) in [7, 11) is -3.58. The summed E-state index contributed by atoms with van der Waals surface area (Å²) in [6.45, 7) is 3.94. The average Bonchev–Trinajstić information content (AvgIpc) is 2.35. The number of hydrogen-bond donors (Lipinski definition) is 1. The molecule has 1 aromatic rings. The van der Waals surface area contributed by atoms with E-state index in [0.29, 0.717) is 12.2 Å². The van der Waals surface area contributed by atoms with E-state index in [9.17, 15) is 8.42 Å². The topological polar surface area (TPSA) is 87.2 Å². The molecule has 0 bridgehead atoms. The Labute approximate surface area is 108 Å². The van der Waals surface area contributed by atoms with Crippen molar-refractivity contribution in [3.63, 3.8) is 0 Å². The molecule has 0 aliphatic heterocycles. The maximum absolute atomic E-state index is 12.3. The van der Waals surface area contributed by atoms with E-state index in [1.165, 1.54) is 16.4 Å². The Morgan fingerprint density at radius 2 is 2.17 bits per heavy atom. The molecule has 1 rings (SSSR count). The van der Waals surface area contributed by atoms with Gasteiger partial charge in [-0.15, -0.1) is 0 Å². The van der Waals surface area contributed by atoms with Crippen LogP contribution in [0.3, 0.4) is 0 Å². The summed E-state index contributed by atoms with van der Waals surface area (Å²) in [6, 6.07) is 8.20. The van der Waals surface area contributed by atoms with Gasteiger partial charge in [0.05, 0.1) is 16.9 Å². The number of nitrogen functional groups attached to an aromatic ring is 1. The van der Waals surface area contributed by atoms with Gasteiger partial charge in [-0.1, -0.05) is 13.0 Å². The molecule has 0 heterocycles. The van der Waals surface area contributed by atoms with E-state index in [1.807, 2.05) is 6.07 Å². The second kappa shape index (κ2) is 5.85. The fourth-order valence-corrected chi connectivity index (χ4v) is 3.16. The largest absolute Gasteiger partial charge is 0.399 e. The van der Waals surface area contributed by atoms with Crippen molar-refractivity contribution in [2.75, 3.05) is 18.8 Å². The van der Waals surface area contributed by atoms with Crippen molar-refractivity contribution in [3.8, 4) is 6.07 Å². The summed E-state index contributed by atoms with van der Waals surface area (Å²) in [5, 5.41) is 8.77. The Bertz CT molecular complexity index is 549. The molecule has 6 heteroatoms.